The second-order valence-corrected chi connectivity index (χ2v) is 11.3. The standard InChI is InChI=1S/C37H38F6O3/c1-4-44-33-18-17-30(36(42)37(33)43)28-16-13-26(22-32(28)39)46-20-8-6-10-23(2)9-5-7-19-45-25-12-15-27(31(38)21-25)29-14-11-24(3)34(40)35(29)41/h11-18,21-23H,4-10,19-20H2,1-3H3. The maximum absolute atomic E-state index is 14.7. The molecule has 246 valence electrons. The molecule has 0 fully saturated rings. The maximum atomic E-state index is 14.7. The van der Waals surface area contributed by atoms with Crippen molar-refractivity contribution in [2.45, 2.75) is 59.3 Å². The quantitative estimate of drug-likeness (QED) is 0.0897. The second-order valence-electron chi connectivity index (χ2n) is 11.3. The fourth-order valence-electron chi connectivity index (χ4n) is 5.18. The lowest BCUT2D eigenvalue weighted by molar-refractivity contribution is 0.289. The van der Waals surface area contributed by atoms with Gasteiger partial charge >= 0.3 is 0 Å². The van der Waals surface area contributed by atoms with Gasteiger partial charge in [0.05, 0.1) is 19.8 Å². The molecule has 3 nitrogen and oxygen atoms in total. The van der Waals surface area contributed by atoms with E-state index in [4.69, 9.17) is 14.2 Å². The zero-order valence-corrected chi connectivity index (χ0v) is 26.2. The number of benzene rings is 4. The summed E-state index contributed by atoms with van der Waals surface area (Å²) in [6.07, 6.45) is 5.39. The lowest BCUT2D eigenvalue weighted by Gasteiger charge is -2.13. The molecule has 4 aromatic carbocycles. The number of ether oxygens (including phenoxy) is 3. The first-order chi connectivity index (χ1) is 22.1. The first-order valence-corrected chi connectivity index (χ1v) is 15.5. The normalized spacial score (nSPS) is 11.8. The summed E-state index contributed by atoms with van der Waals surface area (Å²) in [5.41, 5.74) is -0.258. The average molecular weight is 645 g/mol. The van der Waals surface area contributed by atoms with E-state index in [-0.39, 0.29) is 40.2 Å². The van der Waals surface area contributed by atoms with Gasteiger partial charge in [0.25, 0.3) is 0 Å². The third-order valence-corrected chi connectivity index (χ3v) is 7.80. The van der Waals surface area contributed by atoms with E-state index in [0.717, 1.165) is 38.5 Å². The van der Waals surface area contributed by atoms with Gasteiger partial charge in [0.15, 0.2) is 23.2 Å². The molecule has 1 atom stereocenters. The SMILES string of the molecule is CCOc1ccc(-c2ccc(OCCCCC(C)CCCCOc3ccc(-c4ccc(C)c(F)c4F)c(F)c3)cc2F)c(F)c1F. The first-order valence-electron chi connectivity index (χ1n) is 15.5. The van der Waals surface area contributed by atoms with Gasteiger partial charge in [-0.3, -0.25) is 0 Å². The van der Waals surface area contributed by atoms with E-state index in [0.29, 0.717) is 30.6 Å². The van der Waals surface area contributed by atoms with Gasteiger partial charge in [-0.2, -0.15) is 4.39 Å². The number of hydrogen-bond acceptors (Lipinski definition) is 3. The van der Waals surface area contributed by atoms with Crippen LogP contribution in [0.1, 0.15) is 57.9 Å². The van der Waals surface area contributed by atoms with Crippen LogP contribution >= 0.6 is 0 Å². The molecule has 0 radical (unpaired) electrons. The highest BCUT2D eigenvalue weighted by Crippen LogP contribution is 2.33. The molecule has 1 unspecified atom stereocenters. The summed E-state index contributed by atoms with van der Waals surface area (Å²) in [6.45, 7) is 6.25. The summed E-state index contributed by atoms with van der Waals surface area (Å²) < 4.78 is 103. The van der Waals surface area contributed by atoms with E-state index in [9.17, 15) is 26.3 Å². The fraction of sp³-hybridized carbons (Fsp3) is 0.351. The van der Waals surface area contributed by atoms with Crippen molar-refractivity contribution in [3.63, 3.8) is 0 Å². The molecule has 0 aliphatic heterocycles. The number of rotatable bonds is 16. The van der Waals surface area contributed by atoms with Gasteiger partial charge in [0, 0.05) is 34.4 Å². The fourth-order valence-corrected chi connectivity index (χ4v) is 5.18. The molecule has 0 aliphatic rings. The van der Waals surface area contributed by atoms with E-state index in [1.165, 1.54) is 61.5 Å². The molecule has 0 aliphatic carbocycles. The van der Waals surface area contributed by atoms with Gasteiger partial charge < -0.3 is 14.2 Å². The molecule has 4 rings (SSSR count). The monoisotopic (exact) mass is 644 g/mol. The number of unbranched alkanes of at least 4 members (excludes halogenated alkanes) is 2. The van der Waals surface area contributed by atoms with Crippen LogP contribution in [0.3, 0.4) is 0 Å². The predicted octanol–water partition coefficient (Wildman–Crippen LogP) is 11.0. The van der Waals surface area contributed by atoms with Gasteiger partial charge in [-0.1, -0.05) is 31.9 Å². The highest BCUT2D eigenvalue weighted by atomic mass is 19.2. The molecule has 0 N–H and O–H groups in total. The predicted molar refractivity (Wildman–Crippen MR) is 167 cm³/mol. The Labute approximate surface area is 266 Å². The van der Waals surface area contributed by atoms with Crippen LogP contribution in [0, 0.1) is 47.7 Å². The van der Waals surface area contributed by atoms with Crippen molar-refractivity contribution < 1.29 is 40.6 Å². The molecule has 0 saturated carbocycles. The summed E-state index contributed by atoms with van der Waals surface area (Å²) in [5.74, 6) is -4.89. The van der Waals surface area contributed by atoms with Crippen LogP contribution in [-0.4, -0.2) is 19.8 Å². The van der Waals surface area contributed by atoms with Crippen molar-refractivity contribution in [3.8, 4) is 39.5 Å². The molecule has 0 aromatic heterocycles. The van der Waals surface area contributed by atoms with Crippen molar-refractivity contribution in [3.05, 3.63) is 101 Å². The van der Waals surface area contributed by atoms with Crippen molar-refractivity contribution in [2.24, 2.45) is 5.92 Å². The minimum Gasteiger partial charge on any atom is -0.493 e. The van der Waals surface area contributed by atoms with Crippen molar-refractivity contribution >= 4 is 0 Å². The maximum Gasteiger partial charge on any atom is 0.201 e. The first kappa shape index (κ1) is 34.7. The lowest BCUT2D eigenvalue weighted by Crippen LogP contribution is -2.03. The highest BCUT2D eigenvalue weighted by Gasteiger charge is 2.19. The van der Waals surface area contributed by atoms with Crippen LogP contribution in [0.25, 0.3) is 22.3 Å². The van der Waals surface area contributed by atoms with Gasteiger partial charge in [-0.15, -0.1) is 0 Å². The molecule has 46 heavy (non-hydrogen) atoms. The third-order valence-electron chi connectivity index (χ3n) is 7.80. The van der Waals surface area contributed by atoms with E-state index < -0.39 is 34.9 Å². The smallest absolute Gasteiger partial charge is 0.201 e. The minimum atomic E-state index is -1.17. The number of halogens is 6. The second kappa shape index (κ2) is 16.4. The summed E-state index contributed by atoms with van der Waals surface area (Å²) in [4.78, 5) is 0. The Hall–Kier alpha value is -4.14. The van der Waals surface area contributed by atoms with Crippen molar-refractivity contribution in [1.82, 2.24) is 0 Å². The highest BCUT2D eigenvalue weighted by molar-refractivity contribution is 5.67. The Balaban J connectivity index is 1.12. The van der Waals surface area contributed by atoms with Crippen molar-refractivity contribution in [2.75, 3.05) is 19.8 Å². The Morgan fingerprint density at radius 2 is 1.02 bits per heavy atom. The Morgan fingerprint density at radius 1 is 0.543 bits per heavy atom. The number of hydrogen-bond donors (Lipinski definition) is 0. The Bertz CT molecular complexity index is 1620. The molecular weight excluding hydrogens is 606 g/mol. The molecule has 0 bridgehead atoms. The Morgan fingerprint density at radius 3 is 1.52 bits per heavy atom. The van der Waals surface area contributed by atoms with Crippen LogP contribution in [0.15, 0.2) is 60.7 Å². The molecular formula is C37H38F6O3. The largest absolute Gasteiger partial charge is 0.493 e. The molecule has 0 spiro atoms. The van der Waals surface area contributed by atoms with Crippen LogP contribution < -0.4 is 14.2 Å². The molecule has 0 saturated heterocycles. The van der Waals surface area contributed by atoms with Crippen molar-refractivity contribution in [1.29, 1.82) is 0 Å². The van der Waals surface area contributed by atoms with Gasteiger partial charge in [-0.25, -0.2) is 22.0 Å². The van der Waals surface area contributed by atoms with E-state index in [2.05, 4.69) is 6.92 Å². The van der Waals surface area contributed by atoms with Crippen LogP contribution in [0.2, 0.25) is 0 Å². The van der Waals surface area contributed by atoms with Gasteiger partial charge in [-0.05, 0) is 87.4 Å². The molecule has 9 heteroatoms. The van der Waals surface area contributed by atoms with Crippen LogP contribution in [0.5, 0.6) is 17.2 Å². The van der Waals surface area contributed by atoms with Gasteiger partial charge in [0.2, 0.25) is 5.82 Å². The van der Waals surface area contributed by atoms with E-state index in [1.807, 2.05) is 0 Å². The zero-order valence-electron chi connectivity index (χ0n) is 26.2. The summed E-state index contributed by atoms with van der Waals surface area (Å²) in [6, 6.07) is 13.5. The van der Waals surface area contributed by atoms with Crippen LogP contribution in [-0.2, 0) is 0 Å². The molecule has 0 heterocycles. The van der Waals surface area contributed by atoms with E-state index >= 15 is 0 Å². The summed E-state index contributed by atoms with van der Waals surface area (Å²) in [5, 5.41) is 0. The minimum absolute atomic E-state index is 0.0254. The summed E-state index contributed by atoms with van der Waals surface area (Å²) in [7, 11) is 0. The number of aryl methyl sites for hydroxylation is 1. The Kier molecular flexibility index (Phi) is 12.4. The van der Waals surface area contributed by atoms with E-state index in [1.54, 1.807) is 13.0 Å². The molecule has 4 aromatic rings. The third kappa shape index (κ3) is 8.77. The van der Waals surface area contributed by atoms with Gasteiger partial charge in [0.1, 0.15) is 23.1 Å². The van der Waals surface area contributed by atoms with Crippen LogP contribution in [0.4, 0.5) is 26.3 Å². The average Bonchev–Trinajstić information content (AvgIpc) is 3.03. The summed E-state index contributed by atoms with van der Waals surface area (Å²) >= 11 is 0. The topological polar surface area (TPSA) is 27.7 Å². The molecule has 0 amide bonds. The lowest BCUT2D eigenvalue weighted by atomic mass is 9.98. The zero-order chi connectivity index (χ0) is 33.2.